The van der Waals surface area contributed by atoms with Gasteiger partial charge in [-0.1, -0.05) is 0 Å². The van der Waals surface area contributed by atoms with Crippen molar-refractivity contribution in [1.82, 2.24) is 9.78 Å². The molecule has 8 nitrogen and oxygen atoms in total. The normalized spacial score (nSPS) is 19.6. The number of nitrogens with zero attached hydrogens (tertiary/aromatic N) is 3. The summed E-state index contributed by atoms with van der Waals surface area (Å²) in [7, 11) is 0. The molecule has 0 unspecified atom stereocenters. The van der Waals surface area contributed by atoms with Crippen LogP contribution in [0.15, 0.2) is 30.5 Å². The molecule has 0 amide bonds. The number of anilines is 1. The number of ether oxygens (including phenoxy) is 2. The first-order valence-corrected chi connectivity index (χ1v) is 7.25. The molecule has 1 aromatic heterocycles. The van der Waals surface area contributed by atoms with Crippen LogP contribution in [0.5, 0.6) is 0 Å². The van der Waals surface area contributed by atoms with Gasteiger partial charge in [0.15, 0.2) is 0 Å². The molecule has 8 heteroatoms. The Morgan fingerprint density at radius 3 is 2.71 bits per heavy atom. The van der Waals surface area contributed by atoms with Crippen LogP contribution < -0.4 is 5.73 Å². The van der Waals surface area contributed by atoms with Crippen molar-refractivity contribution in [1.29, 1.82) is 5.26 Å². The van der Waals surface area contributed by atoms with Crippen molar-refractivity contribution in [3.63, 3.8) is 0 Å². The van der Waals surface area contributed by atoms with E-state index in [0.29, 0.717) is 12.1 Å². The van der Waals surface area contributed by atoms with E-state index in [9.17, 15) is 9.59 Å². The van der Waals surface area contributed by atoms with Gasteiger partial charge in [-0.25, -0.2) is 14.3 Å². The molecule has 1 saturated heterocycles. The Bertz CT molecular complexity index is 835. The Morgan fingerprint density at radius 1 is 1.46 bits per heavy atom. The summed E-state index contributed by atoms with van der Waals surface area (Å²) in [5.41, 5.74) is 6.97. The lowest BCUT2D eigenvalue weighted by atomic mass is 10.2. The van der Waals surface area contributed by atoms with Crippen LogP contribution in [0.3, 0.4) is 0 Å². The van der Waals surface area contributed by atoms with Crippen LogP contribution in [-0.4, -0.2) is 33.9 Å². The third kappa shape index (κ3) is 2.79. The van der Waals surface area contributed by atoms with Crippen molar-refractivity contribution >= 4 is 17.8 Å². The van der Waals surface area contributed by atoms with E-state index >= 15 is 0 Å². The van der Waals surface area contributed by atoms with Crippen molar-refractivity contribution in [2.24, 2.45) is 0 Å². The van der Waals surface area contributed by atoms with Gasteiger partial charge in [0, 0.05) is 6.42 Å². The highest BCUT2D eigenvalue weighted by molar-refractivity contribution is 5.92. The molecule has 122 valence electrons. The predicted molar refractivity (Wildman–Crippen MR) is 82.1 cm³/mol. The summed E-state index contributed by atoms with van der Waals surface area (Å²) >= 11 is 0. The largest absolute Gasteiger partial charge is 0.460 e. The average molecular weight is 326 g/mol. The summed E-state index contributed by atoms with van der Waals surface area (Å²) in [5.74, 6) is -0.917. The number of nitrogens with two attached hydrogens (primary N) is 1. The second-order valence-corrected chi connectivity index (χ2v) is 5.39. The molecular weight excluding hydrogens is 312 g/mol. The lowest BCUT2D eigenvalue weighted by Crippen LogP contribution is -2.22. The van der Waals surface area contributed by atoms with Crippen molar-refractivity contribution < 1.29 is 19.1 Å². The van der Waals surface area contributed by atoms with Gasteiger partial charge in [0.05, 0.1) is 17.4 Å². The summed E-state index contributed by atoms with van der Waals surface area (Å²) in [6, 6.07) is 8.25. The van der Waals surface area contributed by atoms with Gasteiger partial charge in [-0.2, -0.15) is 10.4 Å². The van der Waals surface area contributed by atoms with E-state index in [0.717, 1.165) is 0 Å². The van der Waals surface area contributed by atoms with Crippen LogP contribution >= 0.6 is 0 Å². The van der Waals surface area contributed by atoms with E-state index in [1.807, 2.05) is 6.07 Å². The molecule has 2 aromatic rings. The average Bonchev–Trinajstić information content (AvgIpc) is 3.09. The number of esters is 2. The number of benzene rings is 1. The Morgan fingerprint density at radius 2 is 2.17 bits per heavy atom. The first kappa shape index (κ1) is 15.6. The molecule has 2 atom stereocenters. The highest BCUT2D eigenvalue weighted by Crippen LogP contribution is 2.20. The molecule has 0 radical (unpaired) electrons. The molecule has 2 heterocycles. The summed E-state index contributed by atoms with van der Waals surface area (Å²) in [6.45, 7) is 1.74. The fourth-order valence-corrected chi connectivity index (χ4v) is 2.40. The van der Waals surface area contributed by atoms with Crippen LogP contribution in [0.2, 0.25) is 0 Å². The second-order valence-electron chi connectivity index (χ2n) is 5.39. The van der Waals surface area contributed by atoms with Gasteiger partial charge in [0.25, 0.3) is 0 Å². The van der Waals surface area contributed by atoms with E-state index in [1.54, 1.807) is 19.1 Å². The third-order valence-electron chi connectivity index (χ3n) is 3.65. The molecule has 1 aliphatic rings. The maximum atomic E-state index is 12.1. The summed E-state index contributed by atoms with van der Waals surface area (Å²) in [5, 5.41) is 12.9. The van der Waals surface area contributed by atoms with Crippen LogP contribution in [0.4, 0.5) is 5.82 Å². The smallest absolute Gasteiger partial charge is 0.347 e. The molecule has 0 spiro atoms. The standard InChI is InChI=1S/C16H14N4O4/c1-9-6-13(16(22)23-9)24-15(21)10-2-4-12(5-3-10)20-14(18)11(7-17)8-19-20/h2-5,8-9,13H,6,18H2,1H3/t9-,13+/m0/s1. The molecule has 0 saturated carbocycles. The number of cyclic esters (lactones) is 1. The van der Waals surface area contributed by atoms with Gasteiger partial charge in [-0.3, -0.25) is 0 Å². The van der Waals surface area contributed by atoms with E-state index in [-0.39, 0.29) is 23.0 Å². The van der Waals surface area contributed by atoms with E-state index in [2.05, 4.69) is 5.10 Å². The minimum absolute atomic E-state index is 0.218. The van der Waals surface area contributed by atoms with Gasteiger partial charge in [0.2, 0.25) is 6.10 Å². The quantitative estimate of drug-likeness (QED) is 0.841. The molecular formula is C16H14N4O4. The monoisotopic (exact) mass is 326 g/mol. The van der Waals surface area contributed by atoms with Gasteiger partial charge >= 0.3 is 11.9 Å². The molecule has 3 rings (SSSR count). The maximum absolute atomic E-state index is 12.1. The summed E-state index contributed by atoms with van der Waals surface area (Å²) in [6.07, 6.45) is 0.593. The van der Waals surface area contributed by atoms with E-state index in [1.165, 1.54) is 23.0 Å². The summed E-state index contributed by atoms with van der Waals surface area (Å²) < 4.78 is 11.5. The minimum Gasteiger partial charge on any atom is -0.460 e. The first-order valence-electron chi connectivity index (χ1n) is 7.25. The number of carbonyl (C=O) groups is 2. The number of hydrogen-bond donors (Lipinski definition) is 1. The molecule has 2 N–H and O–H groups in total. The van der Waals surface area contributed by atoms with E-state index in [4.69, 9.17) is 20.5 Å². The number of aromatic nitrogens is 2. The van der Waals surface area contributed by atoms with Gasteiger partial charge in [-0.15, -0.1) is 0 Å². The van der Waals surface area contributed by atoms with Crippen molar-refractivity contribution in [2.75, 3.05) is 5.73 Å². The Hall–Kier alpha value is -3.34. The minimum atomic E-state index is -0.868. The fourth-order valence-electron chi connectivity index (χ4n) is 2.40. The summed E-state index contributed by atoms with van der Waals surface area (Å²) in [4.78, 5) is 23.6. The highest BCUT2D eigenvalue weighted by atomic mass is 16.6. The van der Waals surface area contributed by atoms with Crippen molar-refractivity contribution in [3.8, 4) is 11.8 Å². The van der Waals surface area contributed by atoms with Crippen LogP contribution in [0, 0.1) is 11.3 Å². The molecule has 0 bridgehead atoms. The maximum Gasteiger partial charge on any atom is 0.347 e. The highest BCUT2D eigenvalue weighted by Gasteiger charge is 2.35. The lowest BCUT2D eigenvalue weighted by Gasteiger charge is -2.09. The van der Waals surface area contributed by atoms with Crippen molar-refractivity contribution in [3.05, 3.63) is 41.6 Å². The number of hydrogen-bond acceptors (Lipinski definition) is 7. The van der Waals surface area contributed by atoms with Crippen LogP contribution in [0.1, 0.15) is 29.3 Å². The third-order valence-corrected chi connectivity index (χ3v) is 3.65. The van der Waals surface area contributed by atoms with Crippen LogP contribution in [-0.2, 0) is 14.3 Å². The molecule has 1 aliphatic heterocycles. The first-order chi connectivity index (χ1) is 11.5. The number of nitriles is 1. The van der Waals surface area contributed by atoms with E-state index < -0.39 is 18.0 Å². The molecule has 24 heavy (non-hydrogen) atoms. The number of rotatable bonds is 3. The van der Waals surface area contributed by atoms with Gasteiger partial charge < -0.3 is 15.2 Å². The van der Waals surface area contributed by atoms with Crippen molar-refractivity contribution in [2.45, 2.75) is 25.6 Å². The Kier molecular flexibility index (Phi) is 3.92. The second kappa shape index (κ2) is 6.04. The van der Waals surface area contributed by atoms with Crippen LogP contribution in [0.25, 0.3) is 5.69 Å². The molecule has 1 aromatic carbocycles. The Labute approximate surface area is 137 Å². The predicted octanol–water partition coefficient (Wildman–Crippen LogP) is 1.19. The lowest BCUT2D eigenvalue weighted by molar-refractivity contribution is -0.147. The molecule has 1 fully saturated rings. The van der Waals surface area contributed by atoms with Gasteiger partial charge in [0.1, 0.15) is 23.6 Å². The zero-order chi connectivity index (χ0) is 17.3. The number of nitrogen functional groups attached to an aromatic ring is 1. The zero-order valence-electron chi connectivity index (χ0n) is 12.8. The number of carbonyl (C=O) groups excluding carboxylic acids is 2. The molecule has 0 aliphatic carbocycles. The van der Waals surface area contributed by atoms with Gasteiger partial charge in [-0.05, 0) is 31.2 Å². The fraction of sp³-hybridized carbons (Fsp3) is 0.250. The Balaban J connectivity index is 1.74. The SMILES string of the molecule is C[C@H]1C[C@@H](OC(=O)c2ccc(-n3ncc(C#N)c3N)cc2)C(=O)O1. The zero-order valence-corrected chi connectivity index (χ0v) is 12.8. The topological polar surface area (TPSA) is 120 Å².